The van der Waals surface area contributed by atoms with Crippen molar-refractivity contribution in [3.8, 4) is 5.75 Å². The first-order chi connectivity index (χ1) is 9.52. The SMILES string of the molecule is COc1ccccc1C(=O)Cn1c(C)nc(C)cc1=O. The van der Waals surface area contributed by atoms with Crippen LogP contribution in [0.25, 0.3) is 0 Å². The van der Waals surface area contributed by atoms with Crippen molar-refractivity contribution in [3.63, 3.8) is 0 Å². The number of rotatable bonds is 4. The molecule has 0 aliphatic rings. The summed E-state index contributed by atoms with van der Waals surface area (Å²) in [7, 11) is 1.51. The zero-order valence-corrected chi connectivity index (χ0v) is 11.7. The third kappa shape index (κ3) is 2.77. The van der Waals surface area contributed by atoms with E-state index in [1.54, 1.807) is 38.1 Å². The molecular weight excluding hydrogens is 256 g/mol. The van der Waals surface area contributed by atoms with Gasteiger partial charge in [-0.05, 0) is 26.0 Å². The Kier molecular flexibility index (Phi) is 3.98. The number of ether oxygens (including phenoxy) is 1. The molecule has 20 heavy (non-hydrogen) atoms. The average molecular weight is 272 g/mol. The van der Waals surface area contributed by atoms with Gasteiger partial charge in [-0.3, -0.25) is 14.2 Å². The highest BCUT2D eigenvalue weighted by molar-refractivity contribution is 5.98. The van der Waals surface area contributed by atoms with Crippen LogP contribution in [0.3, 0.4) is 0 Å². The average Bonchev–Trinajstić information content (AvgIpc) is 2.42. The van der Waals surface area contributed by atoms with Gasteiger partial charge in [0.2, 0.25) is 0 Å². The summed E-state index contributed by atoms with van der Waals surface area (Å²) in [5.74, 6) is 0.847. The van der Waals surface area contributed by atoms with E-state index in [1.807, 2.05) is 0 Å². The minimum Gasteiger partial charge on any atom is -0.496 e. The second-order valence-corrected chi connectivity index (χ2v) is 4.49. The molecule has 0 aliphatic carbocycles. The number of hydrogen-bond acceptors (Lipinski definition) is 4. The lowest BCUT2D eigenvalue weighted by Crippen LogP contribution is -2.27. The summed E-state index contributed by atoms with van der Waals surface area (Å²) in [6, 6.07) is 8.38. The number of Topliss-reactive ketones (excluding diaryl/α,β-unsaturated/α-hetero) is 1. The van der Waals surface area contributed by atoms with E-state index in [0.717, 1.165) is 0 Å². The normalized spacial score (nSPS) is 10.3. The van der Waals surface area contributed by atoms with Crippen molar-refractivity contribution in [2.75, 3.05) is 7.11 Å². The molecule has 0 fully saturated rings. The Morgan fingerprint density at radius 1 is 1.30 bits per heavy atom. The molecule has 104 valence electrons. The van der Waals surface area contributed by atoms with E-state index in [9.17, 15) is 9.59 Å². The highest BCUT2D eigenvalue weighted by atomic mass is 16.5. The van der Waals surface area contributed by atoms with Gasteiger partial charge in [-0.1, -0.05) is 12.1 Å². The molecule has 2 rings (SSSR count). The first kappa shape index (κ1) is 14.0. The van der Waals surface area contributed by atoms with Gasteiger partial charge in [-0.15, -0.1) is 0 Å². The van der Waals surface area contributed by atoms with Crippen molar-refractivity contribution in [2.45, 2.75) is 20.4 Å². The molecule has 0 radical (unpaired) electrons. The lowest BCUT2D eigenvalue weighted by atomic mass is 10.1. The van der Waals surface area contributed by atoms with Crippen molar-refractivity contribution < 1.29 is 9.53 Å². The number of carbonyl (C=O) groups excluding carboxylic acids is 1. The summed E-state index contributed by atoms with van der Waals surface area (Å²) in [5, 5.41) is 0. The largest absolute Gasteiger partial charge is 0.496 e. The van der Waals surface area contributed by atoms with Crippen LogP contribution in [0, 0.1) is 13.8 Å². The number of ketones is 1. The third-order valence-electron chi connectivity index (χ3n) is 3.04. The van der Waals surface area contributed by atoms with Gasteiger partial charge < -0.3 is 4.74 Å². The molecule has 2 aromatic rings. The molecule has 1 aromatic heterocycles. The van der Waals surface area contributed by atoms with Gasteiger partial charge in [0, 0.05) is 11.8 Å². The van der Waals surface area contributed by atoms with Gasteiger partial charge in [-0.2, -0.15) is 0 Å². The molecule has 5 heteroatoms. The number of hydrogen-bond donors (Lipinski definition) is 0. The number of aryl methyl sites for hydroxylation is 2. The van der Waals surface area contributed by atoms with Crippen molar-refractivity contribution in [3.05, 3.63) is 57.8 Å². The van der Waals surface area contributed by atoms with Crippen LogP contribution in [-0.4, -0.2) is 22.4 Å². The second-order valence-electron chi connectivity index (χ2n) is 4.49. The maximum absolute atomic E-state index is 12.3. The standard InChI is InChI=1S/C15H16N2O3/c1-10-8-15(19)17(11(2)16-10)9-13(18)12-6-4-5-7-14(12)20-3/h4-8H,9H2,1-3H3. The van der Waals surface area contributed by atoms with Gasteiger partial charge in [0.15, 0.2) is 5.78 Å². The molecule has 0 saturated carbocycles. The fourth-order valence-electron chi connectivity index (χ4n) is 2.06. The summed E-state index contributed by atoms with van der Waals surface area (Å²) in [6.07, 6.45) is 0. The topological polar surface area (TPSA) is 61.2 Å². The van der Waals surface area contributed by atoms with Crippen LogP contribution >= 0.6 is 0 Å². The fraction of sp³-hybridized carbons (Fsp3) is 0.267. The number of para-hydroxylation sites is 1. The number of nitrogens with zero attached hydrogens (tertiary/aromatic N) is 2. The maximum atomic E-state index is 12.3. The molecule has 0 aliphatic heterocycles. The summed E-state index contributed by atoms with van der Waals surface area (Å²) < 4.78 is 6.52. The lowest BCUT2D eigenvalue weighted by Gasteiger charge is -2.11. The molecule has 1 heterocycles. The van der Waals surface area contributed by atoms with Crippen molar-refractivity contribution in [2.24, 2.45) is 0 Å². The minimum absolute atomic E-state index is 0.0433. The fourth-order valence-corrected chi connectivity index (χ4v) is 2.06. The van der Waals surface area contributed by atoms with Crippen LogP contribution in [0.15, 0.2) is 35.1 Å². The van der Waals surface area contributed by atoms with Crippen molar-refractivity contribution >= 4 is 5.78 Å². The van der Waals surface area contributed by atoms with E-state index in [1.165, 1.54) is 17.7 Å². The number of benzene rings is 1. The van der Waals surface area contributed by atoms with Crippen LogP contribution in [0.1, 0.15) is 21.9 Å². The monoisotopic (exact) mass is 272 g/mol. The van der Waals surface area contributed by atoms with Crippen LogP contribution in [0.2, 0.25) is 0 Å². The summed E-state index contributed by atoms with van der Waals surface area (Å²) in [6.45, 7) is 3.42. The maximum Gasteiger partial charge on any atom is 0.254 e. The first-order valence-corrected chi connectivity index (χ1v) is 6.24. The van der Waals surface area contributed by atoms with E-state index < -0.39 is 0 Å². The second kappa shape index (κ2) is 5.69. The Labute approximate surface area is 116 Å². The summed E-state index contributed by atoms with van der Waals surface area (Å²) >= 11 is 0. The zero-order chi connectivity index (χ0) is 14.7. The summed E-state index contributed by atoms with van der Waals surface area (Å²) in [4.78, 5) is 28.4. The predicted molar refractivity (Wildman–Crippen MR) is 75.3 cm³/mol. The summed E-state index contributed by atoms with van der Waals surface area (Å²) in [5.41, 5.74) is 0.883. The molecule has 0 atom stereocenters. The zero-order valence-electron chi connectivity index (χ0n) is 11.7. The van der Waals surface area contributed by atoms with Crippen molar-refractivity contribution in [1.29, 1.82) is 0 Å². The smallest absolute Gasteiger partial charge is 0.254 e. The lowest BCUT2D eigenvalue weighted by molar-refractivity contribution is 0.0966. The van der Waals surface area contributed by atoms with E-state index in [2.05, 4.69) is 4.98 Å². The Morgan fingerprint density at radius 2 is 2.00 bits per heavy atom. The molecule has 1 aromatic carbocycles. The highest BCUT2D eigenvalue weighted by Gasteiger charge is 2.14. The predicted octanol–water partition coefficient (Wildman–Crippen LogP) is 1.75. The molecule has 0 amide bonds. The van der Waals surface area contributed by atoms with E-state index >= 15 is 0 Å². The highest BCUT2D eigenvalue weighted by Crippen LogP contribution is 2.18. The van der Waals surface area contributed by atoms with Crippen LogP contribution < -0.4 is 10.3 Å². The minimum atomic E-state index is -0.224. The number of methoxy groups -OCH3 is 1. The van der Waals surface area contributed by atoms with Crippen LogP contribution in [0.5, 0.6) is 5.75 Å². The molecule has 0 spiro atoms. The molecular formula is C15H16N2O3. The third-order valence-corrected chi connectivity index (χ3v) is 3.04. The van der Waals surface area contributed by atoms with E-state index in [4.69, 9.17) is 4.74 Å². The Hall–Kier alpha value is -2.43. The van der Waals surface area contributed by atoms with Gasteiger partial charge in [0.25, 0.3) is 5.56 Å². The van der Waals surface area contributed by atoms with Crippen LogP contribution in [0.4, 0.5) is 0 Å². The molecule has 0 N–H and O–H groups in total. The van der Waals surface area contributed by atoms with Gasteiger partial charge in [0.1, 0.15) is 11.6 Å². The first-order valence-electron chi connectivity index (χ1n) is 6.24. The van der Waals surface area contributed by atoms with Gasteiger partial charge in [0.05, 0.1) is 19.2 Å². The van der Waals surface area contributed by atoms with Crippen molar-refractivity contribution in [1.82, 2.24) is 9.55 Å². The van der Waals surface area contributed by atoms with Crippen LogP contribution in [-0.2, 0) is 6.54 Å². The van der Waals surface area contributed by atoms with Gasteiger partial charge >= 0.3 is 0 Å². The Morgan fingerprint density at radius 3 is 2.65 bits per heavy atom. The van der Waals surface area contributed by atoms with Gasteiger partial charge in [-0.25, -0.2) is 4.98 Å². The Balaban J connectivity index is 2.36. The van der Waals surface area contributed by atoms with E-state index in [-0.39, 0.29) is 17.9 Å². The Bertz CT molecular complexity index is 705. The molecule has 0 unspecified atom stereocenters. The molecule has 0 saturated heterocycles. The quantitative estimate of drug-likeness (QED) is 0.796. The number of aromatic nitrogens is 2. The van der Waals surface area contributed by atoms with E-state index in [0.29, 0.717) is 22.8 Å². The molecule has 0 bridgehead atoms. The number of carbonyl (C=O) groups is 1. The molecule has 5 nitrogen and oxygen atoms in total.